The van der Waals surface area contributed by atoms with Crippen LogP contribution in [0.3, 0.4) is 0 Å². The highest BCUT2D eigenvalue weighted by Crippen LogP contribution is 2.05. The fourth-order valence-electron chi connectivity index (χ4n) is 2.18. The van der Waals surface area contributed by atoms with Crippen LogP contribution in [0, 0.1) is 0 Å². The Labute approximate surface area is 142 Å². The van der Waals surface area contributed by atoms with Gasteiger partial charge in [-0.1, -0.05) is 42.0 Å². The molecule has 2 atom stereocenters. The Morgan fingerprint density at radius 3 is 2.17 bits per heavy atom. The minimum absolute atomic E-state index is 0.314. The number of carbonyl (C=O) groups is 3. The fraction of sp³-hybridized carbons (Fsp3) is 0.389. The first-order chi connectivity index (χ1) is 11.3. The van der Waals surface area contributed by atoms with Gasteiger partial charge in [0.05, 0.1) is 0 Å². The molecule has 6 nitrogen and oxygen atoms in total. The summed E-state index contributed by atoms with van der Waals surface area (Å²) in [7, 11) is 0. The molecule has 3 amide bonds. The maximum atomic E-state index is 12.5. The van der Waals surface area contributed by atoms with Gasteiger partial charge < -0.3 is 16.4 Å². The second-order valence-corrected chi connectivity index (χ2v) is 5.92. The third-order valence-electron chi connectivity index (χ3n) is 3.40. The van der Waals surface area contributed by atoms with Crippen LogP contribution in [0.15, 0.2) is 42.0 Å². The molecule has 0 spiro atoms. The first-order valence-electron chi connectivity index (χ1n) is 7.83. The molecule has 1 aromatic carbocycles. The molecule has 0 aliphatic rings. The summed E-state index contributed by atoms with van der Waals surface area (Å²) >= 11 is 0. The van der Waals surface area contributed by atoms with Crippen LogP contribution in [0.5, 0.6) is 0 Å². The van der Waals surface area contributed by atoms with Gasteiger partial charge in [0.2, 0.25) is 17.7 Å². The van der Waals surface area contributed by atoms with E-state index in [9.17, 15) is 14.4 Å². The van der Waals surface area contributed by atoms with E-state index >= 15 is 0 Å². The van der Waals surface area contributed by atoms with Crippen molar-refractivity contribution in [1.29, 1.82) is 0 Å². The number of nitrogens with one attached hydrogen (secondary N) is 2. The second-order valence-electron chi connectivity index (χ2n) is 5.92. The van der Waals surface area contributed by atoms with Crippen molar-refractivity contribution in [1.82, 2.24) is 10.6 Å². The number of benzene rings is 1. The zero-order valence-corrected chi connectivity index (χ0v) is 14.3. The van der Waals surface area contributed by atoms with Crippen LogP contribution in [0.25, 0.3) is 0 Å². The van der Waals surface area contributed by atoms with Crippen molar-refractivity contribution < 1.29 is 14.4 Å². The van der Waals surface area contributed by atoms with Crippen molar-refractivity contribution >= 4 is 17.7 Å². The molecule has 0 unspecified atom stereocenters. The molecular weight excluding hydrogens is 306 g/mol. The molecule has 4 N–H and O–H groups in total. The zero-order valence-electron chi connectivity index (χ0n) is 14.3. The van der Waals surface area contributed by atoms with Crippen molar-refractivity contribution in [2.75, 3.05) is 0 Å². The quantitative estimate of drug-likeness (QED) is 0.621. The molecular formula is C18H25N3O3. The van der Waals surface area contributed by atoms with Crippen LogP contribution in [0.4, 0.5) is 0 Å². The van der Waals surface area contributed by atoms with Gasteiger partial charge in [-0.25, -0.2) is 0 Å². The normalized spacial score (nSPS) is 12.6. The minimum atomic E-state index is -0.806. The molecule has 0 bridgehead atoms. The Balaban J connectivity index is 2.83. The van der Waals surface area contributed by atoms with E-state index in [1.54, 1.807) is 0 Å². The number of rotatable bonds is 8. The molecule has 0 saturated carbocycles. The number of hydrogen-bond acceptors (Lipinski definition) is 3. The predicted molar refractivity (Wildman–Crippen MR) is 92.9 cm³/mol. The summed E-state index contributed by atoms with van der Waals surface area (Å²) in [5, 5.41) is 5.24. The highest BCUT2D eigenvalue weighted by atomic mass is 16.2. The number of primary amides is 1. The Kier molecular flexibility index (Phi) is 7.68. The van der Waals surface area contributed by atoms with Gasteiger partial charge in [0.25, 0.3) is 0 Å². The van der Waals surface area contributed by atoms with Gasteiger partial charge in [0, 0.05) is 13.3 Å². The van der Waals surface area contributed by atoms with Crippen LogP contribution in [0.1, 0.15) is 32.8 Å². The van der Waals surface area contributed by atoms with Gasteiger partial charge in [-0.3, -0.25) is 14.4 Å². The van der Waals surface area contributed by atoms with Gasteiger partial charge in [-0.2, -0.15) is 0 Å². The summed E-state index contributed by atoms with van der Waals surface area (Å²) in [4.78, 5) is 35.4. The van der Waals surface area contributed by atoms with Crippen molar-refractivity contribution in [2.45, 2.75) is 45.7 Å². The summed E-state index contributed by atoms with van der Waals surface area (Å²) in [6, 6.07) is 7.77. The highest BCUT2D eigenvalue weighted by molar-refractivity contribution is 5.91. The van der Waals surface area contributed by atoms with E-state index in [-0.39, 0.29) is 5.91 Å². The fourth-order valence-corrected chi connectivity index (χ4v) is 2.18. The molecule has 0 aliphatic heterocycles. The van der Waals surface area contributed by atoms with Gasteiger partial charge in [-0.05, 0) is 25.8 Å². The van der Waals surface area contributed by atoms with E-state index < -0.39 is 23.9 Å². The first kappa shape index (κ1) is 19.4. The molecule has 0 aliphatic carbocycles. The summed E-state index contributed by atoms with van der Waals surface area (Å²) in [5.74, 6) is -1.35. The Morgan fingerprint density at radius 1 is 1.04 bits per heavy atom. The van der Waals surface area contributed by atoms with Crippen LogP contribution in [-0.4, -0.2) is 29.8 Å². The van der Waals surface area contributed by atoms with Crippen LogP contribution >= 0.6 is 0 Å². The lowest BCUT2D eigenvalue weighted by molar-refractivity contribution is -0.130. The van der Waals surface area contributed by atoms with Crippen LogP contribution in [-0.2, 0) is 20.8 Å². The number of hydrogen-bond donors (Lipinski definition) is 3. The molecule has 0 heterocycles. The summed E-state index contributed by atoms with van der Waals surface area (Å²) < 4.78 is 0. The summed E-state index contributed by atoms with van der Waals surface area (Å²) in [6.45, 7) is 5.14. The van der Waals surface area contributed by atoms with E-state index in [1.165, 1.54) is 6.92 Å². The Bertz CT molecular complexity index is 607. The van der Waals surface area contributed by atoms with Crippen molar-refractivity contribution in [3.05, 3.63) is 47.5 Å². The number of amides is 3. The monoisotopic (exact) mass is 331 g/mol. The largest absolute Gasteiger partial charge is 0.368 e. The van der Waals surface area contributed by atoms with E-state index in [2.05, 4.69) is 10.6 Å². The SMILES string of the molecule is CC(=O)N[C@@H](Cc1ccccc1)C(=O)N[C@H](CC=C(C)C)C(N)=O. The van der Waals surface area contributed by atoms with Gasteiger partial charge in [0.1, 0.15) is 12.1 Å². The maximum absolute atomic E-state index is 12.5. The topological polar surface area (TPSA) is 101 Å². The lowest BCUT2D eigenvalue weighted by Crippen LogP contribution is -2.53. The molecule has 24 heavy (non-hydrogen) atoms. The molecule has 1 aromatic rings. The van der Waals surface area contributed by atoms with Gasteiger partial charge >= 0.3 is 0 Å². The minimum Gasteiger partial charge on any atom is -0.368 e. The van der Waals surface area contributed by atoms with Crippen LogP contribution < -0.4 is 16.4 Å². The molecule has 1 rings (SSSR count). The van der Waals surface area contributed by atoms with E-state index in [0.717, 1.165) is 11.1 Å². The first-order valence-corrected chi connectivity index (χ1v) is 7.83. The van der Waals surface area contributed by atoms with Gasteiger partial charge in [0.15, 0.2) is 0 Å². The second kappa shape index (κ2) is 9.50. The molecule has 6 heteroatoms. The van der Waals surface area contributed by atoms with Crippen molar-refractivity contribution in [3.63, 3.8) is 0 Å². The molecule has 0 aromatic heterocycles. The number of nitrogens with two attached hydrogens (primary N) is 1. The molecule has 0 fully saturated rings. The van der Waals surface area contributed by atoms with E-state index in [4.69, 9.17) is 5.73 Å². The van der Waals surface area contributed by atoms with Crippen LogP contribution in [0.2, 0.25) is 0 Å². The third kappa shape index (κ3) is 7.09. The average molecular weight is 331 g/mol. The zero-order chi connectivity index (χ0) is 18.1. The molecule has 130 valence electrons. The number of carbonyl (C=O) groups excluding carboxylic acids is 3. The Hall–Kier alpha value is -2.63. The maximum Gasteiger partial charge on any atom is 0.243 e. The van der Waals surface area contributed by atoms with Crippen molar-refractivity contribution in [3.8, 4) is 0 Å². The lowest BCUT2D eigenvalue weighted by atomic mass is 10.0. The summed E-state index contributed by atoms with van der Waals surface area (Å²) in [6.07, 6.45) is 2.49. The number of allylic oxidation sites excluding steroid dienone is 1. The Morgan fingerprint density at radius 2 is 1.67 bits per heavy atom. The lowest BCUT2D eigenvalue weighted by Gasteiger charge is -2.21. The van der Waals surface area contributed by atoms with E-state index in [1.807, 2.05) is 50.3 Å². The third-order valence-corrected chi connectivity index (χ3v) is 3.40. The molecule has 0 radical (unpaired) electrons. The smallest absolute Gasteiger partial charge is 0.243 e. The van der Waals surface area contributed by atoms with Gasteiger partial charge in [-0.15, -0.1) is 0 Å². The van der Waals surface area contributed by atoms with Crippen molar-refractivity contribution in [2.24, 2.45) is 5.73 Å². The highest BCUT2D eigenvalue weighted by Gasteiger charge is 2.24. The average Bonchev–Trinajstić information content (AvgIpc) is 2.50. The standard InChI is InChI=1S/C18H25N3O3/c1-12(2)9-10-15(17(19)23)21-18(24)16(20-13(3)22)11-14-7-5-4-6-8-14/h4-9,15-16H,10-11H2,1-3H3,(H2,19,23)(H,20,22)(H,21,24)/t15-,16+/m1/s1. The predicted octanol–water partition coefficient (Wildman–Crippen LogP) is 1.06. The van der Waals surface area contributed by atoms with E-state index in [0.29, 0.717) is 12.8 Å². The molecule has 0 saturated heterocycles. The summed E-state index contributed by atoms with van der Waals surface area (Å²) in [5.41, 5.74) is 7.29.